The molecule has 0 radical (unpaired) electrons. The summed E-state index contributed by atoms with van der Waals surface area (Å²) in [6.45, 7) is 4.64. The minimum absolute atomic E-state index is 0.0828. The van der Waals surface area contributed by atoms with Gasteiger partial charge >= 0.3 is 5.97 Å². The predicted molar refractivity (Wildman–Crippen MR) is 59.5 cm³/mol. The first-order valence-electron chi connectivity index (χ1n) is 5.30. The minimum Gasteiger partial charge on any atom is -0.476 e. The average molecular weight is 235 g/mol. The van der Waals surface area contributed by atoms with Crippen LogP contribution in [0, 0.1) is 5.92 Å². The number of carboxylic acids is 1. The molecule has 0 unspecified atom stereocenters. The molecule has 6 nitrogen and oxygen atoms in total. The molecule has 0 bridgehead atoms. The van der Waals surface area contributed by atoms with E-state index in [9.17, 15) is 4.79 Å². The number of furan rings is 1. The Morgan fingerprint density at radius 2 is 2.35 bits per heavy atom. The fourth-order valence-electron chi connectivity index (χ4n) is 1.59. The Bertz CT molecular complexity index is 514. The van der Waals surface area contributed by atoms with Gasteiger partial charge < -0.3 is 9.52 Å². The lowest BCUT2D eigenvalue weighted by atomic mass is 10.2. The standard InChI is InChI=1S/C11H13N3O3/c1-7(2)6-14-10(8-4-3-5-17-8)9(11(15)16)12-13-14/h3-5,7H,6H2,1-2H3,(H,15,16). The fourth-order valence-corrected chi connectivity index (χ4v) is 1.59. The van der Waals surface area contributed by atoms with Gasteiger partial charge in [0.15, 0.2) is 5.76 Å². The molecule has 0 aromatic carbocycles. The van der Waals surface area contributed by atoms with Crippen LogP contribution >= 0.6 is 0 Å². The molecule has 2 aromatic heterocycles. The molecule has 0 amide bonds. The highest BCUT2D eigenvalue weighted by molar-refractivity contribution is 5.91. The van der Waals surface area contributed by atoms with Gasteiger partial charge in [-0.05, 0) is 18.1 Å². The van der Waals surface area contributed by atoms with Gasteiger partial charge in [0.2, 0.25) is 5.69 Å². The zero-order valence-corrected chi connectivity index (χ0v) is 9.62. The maximum absolute atomic E-state index is 11.1. The first kappa shape index (κ1) is 11.4. The van der Waals surface area contributed by atoms with Crippen LogP contribution in [0.25, 0.3) is 11.5 Å². The largest absolute Gasteiger partial charge is 0.476 e. The molecule has 0 saturated heterocycles. The topological polar surface area (TPSA) is 81.2 Å². The molecule has 17 heavy (non-hydrogen) atoms. The lowest BCUT2D eigenvalue weighted by molar-refractivity contribution is 0.0691. The lowest BCUT2D eigenvalue weighted by Gasteiger charge is -2.07. The van der Waals surface area contributed by atoms with Crippen LogP contribution in [-0.2, 0) is 6.54 Å². The van der Waals surface area contributed by atoms with Crippen molar-refractivity contribution in [3.05, 3.63) is 24.1 Å². The average Bonchev–Trinajstić information content (AvgIpc) is 2.83. The Balaban J connectivity index is 2.51. The smallest absolute Gasteiger partial charge is 0.358 e. The summed E-state index contributed by atoms with van der Waals surface area (Å²) < 4.78 is 6.79. The van der Waals surface area contributed by atoms with Crippen molar-refractivity contribution in [3.8, 4) is 11.5 Å². The number of carboxylic acid groups (broad SMARTS) is 1. The first-order valence-corrected chi connectivity index (χ1v) is 5.30. The molecule has 0 aliphatic rings. The quantitative estimate of drug-likeness (QED) is 0.875. The van der Waals surface area contributed by atoms with Crippen molar-refractivity contribution >= 4 is 5.97 Å². The molecule has 90 valence electrons. The van der Waals surface area contributed by atoms with Gasteiger partial charge in [-0.25, -0.2) is 9.48 Å². The predicted octanol–water partition coefficient (Wildman–Crippen LogP) is 1.89. The fraction of sp³-hybridized carbons (Fsp3) is 0.364. The Labute approximate surface area is 97.9 Å². The Morgan fingerprint density at radius 3 is 2.88 bits per heavy atom. The zero-order chi connectivity index (χ0) is 12.4. The summed E-state index contributed by atoms with van der Waals surface area (Å²) in [5.41, 5.74) is 0.330. The third kappa shape index (κ3) is 2.20. The number of nitrogens with zero attached hydrogens (tertiary/aromatic N) is 3. The molecule has 0 atom stereocenters. The van der Waals surface area contributed by atoms with Crippen molar-refractivity contribution in [1.29, 1.82) is 0 Å². The monoisotopic (exact) mass is 235 g/mol. The van der Waals surface area contributed by atoms with Crippen LogP contribution < -0.4 is 0 Å². The molecule has 2 heterocycles. The van der Waals surface area contributed by atoms with E-state index in [0.717, 1.165) is 0 Å². The molecule has 6 heteroatoms. The van der Waals surface area contributed by atoms with Gasteiger partial charge in [-0.15, -0.1) is 5.10 Å². The van der Waals surface area contributed by atoms with Crippen LogP contribution in [0.5, 0.6) is 0 Å². The van der Waals surface area contributed by atoms with E-state index in [4.69, 9.17) is 9.52 Å². The second-order valence-electron chi connectivity index (χ2n) is 4.15. The summed E-state index contributed by atoms with van der Waals surface area (Å²) in [4.78, 5) is 11.1. The Morgan fingerprint density at radius 1 is 1.59 bits per heavy atom. The summed E-state index contributed by atoms with van der Waals surface area (Å²) >= 11 is 0. The van der Waals surface area contributed by atoms with E-state index in [2.05, 4.69) is 10.3 Å². The Hall–Kier alpha value is -2.11. The van der Waals surface area contributed by atoms with Gasteiger partial charge in [-0.1, -0.05) is 19.1 Å². The van der Waals surface area contributed by atoms with E-state index in [1.54, 1.807) is 16.8 Å². The van der Waals surface area contributed by atoms with Gasteiger partial charge in [0, 0.05) is 6.54 Å². The van der Waals surface area contributed by atoms with Crippen LogP contribution in [0.15, 0.2) is 22.8 Å². The van der Waals surface area contributed by atoms with Gasteiger partial charge in [0.25, 0.3) is 0 Å². The number of aromatic carboxylic acids is 1. The van der Waals surface area contributed by atoms with Crippen molar-refractivity contribution in [3.63, 3.8) is 0 Å². The van der Waals surface area contributed by atoms with Crippen LogP contribution in [0.3, 0.4) is 0 Å². The molecule has 0 spiro atoms. The molecule has 0 saturated carbocycles. The van der Waals surface area contributed by atoms with Crippen LogP contribution in [0.2, 0.25) is 0 Å². The second kappa shape index (κ2) is 4.40. The van der Waals surface area contributed by atoms with Gasteiger partial charge in [-0.2, -0.15) is 0 Å². The maximum Gasteiger partial charge on any atom is 0.358 e. The maximum atomic E-state index is 11.1. The van der Waals surface area contributed by atoms with Crippen LogP contribution in [0.1, 0.15) is 24.3 Å². The van der Waals surface area contributed by atoms with Crippen LogP contribution in [0.4, 0.5) is 0 Å². The van der Waals surface area contributed by atoms with E-state index < -0.39 is 5.97 Å². The summed E-state index contributed by atoms with van der Waals surface area (Å²) in [7, 11) is 0. The number of hydrogen-bond donors (Lipinski definition) is 1. The molecular weight excluding hydrogens is 222 g/mol. The third-order valence-corrected chi connectivity index (χ3v) is 2.23. The van der Waals surface area contributed by atoms with Gasteiger partial charge in [0.05, 0.1) is 6.26 Å². The van der Waals surface area contributed by atoms with E-state index in [1.807, 2.05) is 13.8 Å². The normalized spacial score (nSPS) is 11.0. The van der Waals surface area contributed by atoms with Crippen molar-refractivity contribution in [2.75, 3.05) is 0 Å². The highest BCUT2D eigenvalue weighted by Crippen LogP contribution is 2.23. The van der Waals surface area contributed by atoms with E-state index in [1.165, 1.54) is 6.26 Å². The number of aromatic nitrogens is 3. The molecule has 0 fully saturated rings. The number of hydrogen-bond acceptors (Lipinski definition) is 4. The summed E-state index contributed by atoms with van der Waals surface area (Å²) in [5.74, 6) is -0.300. The minimum atomic E-state index is -1.11. The highest BCUT2D eigenvalue weighted by Gasteiger charge is 2.22. The van der Waals surface area contributed by atoms with Crippen molar-refractivity contribution in [2.45, 2.75) is 20.4 Å². The molecule has 0 aliphatic heterocycles. The van der Waals surface area contributed by atoms with Gasteiger partial charge in [-0.3, -0.25) is 0 Å². The number of rotatable bonds is 4. The second-order valence-corrected chi connectivity index (χ2v) is 4.15. The van der Waals surface area contributed by atoms with Gasteiger partial charge in [0.1, 0.15) is 5.69 Å². The summed E-state index contributed by atoms with van der Waals surface area (Å²) in [5, 5.41) is 16.6. The molecule has 1 N–H and O–H groups in total. The van der Waals surface area contributed by atoms with Crippen molar-refractivity contribution < 1.29 is 14.3 Å². The molecule has 2 rings (SSSR count). The highest BCUT2D eigenvalue weighted by atomic mass is 16.4. The SMILES string of the molecule is CC(C)Cn1nnc(C(=O)O)c1-c1ccco1. The Kier molecular flexibility index (Phi) is 2.95. The molecule has 0 aliphatic carbocycles. The van der Waals surface area contributed by atoms with E-state index in [-0.39, 0.29) is 5.69 Å². The van der Waals surface area contributed by atoms with Crippen molar-refractivity contribution in [1.82, 2.24) is 15.0 Å². The number of carbonyl (C=O) groups is 1. The van der Waals surface area contributed by atoms with Crippen molar-refractivity contribution in [2.24, 2.45) is 5.92 Å². The van der Waals surface area contributed by atoms with Crippen LogP contribution in [-0.4, -0.2) is 26.1 Å². The molecule has 2 aromatic rings. The lowest BCUT2D eigenvalue weighted by Crippen LogP contribution is -2.08. The third-order valence-electron chi connectivity index (χ3n) is 2.23. The van der Waals surface area contributed by atoms with E-state index >= 15 is 0 Å². The zero-order valence-electron chi connectivity index (χ0n) is 9.62. The van der Waals surface area contributed by atoms with E-state index in [0.29, 0.717) is 23.9 Å². The first-order chi connectivity index (χ1) is 8.09. The summed E-state index contributed by atoms with van der Waals surface area (Å²) in [6.07, 6.45) is 1.49. The summed E-state index contributed by atoms with van der Waals surface area (Å²) in [6, 6.07) is 3.40. The molecular formula is C11H13N3O3.